The molecule has 2 fully saturated rings. The molecule has 2 unspecified atom stereocenters. The molecule has 0 radical (unpaired) electrons. The van der Waals surface area contributed by atoms with Crippen LogP contribution in [-0.4, -0.2) is 65.6 Å². The number of phenolic OH excluding ortho intramolecular Hbond substituents is 1. The Balaban J connectivity index is 1.53. The minimum atomic E-state index is -2.93. The number of phenols is 1. The molecular weight excluding hydrogens is 518 g/mol. The SMILES string of the molecule is C[C@H]1c2ccc(C(C)(C)CCCn3ccnc3)c(O)c2C(=O)C2C(=O)[C@]3(O)C(=O)C(C(N)=O)C(=O)C[C@@H]3[C@@H](O)[C@@H]21. The smallest absolute Gasteiger partial charge is 0.235 e. The fourth-order valence-corrected chi connectivity index (χ4v) is 7.16. The number of benzene rings is 1. The molecule has 40 heavy (non-hydrogen) atoms. The van der Waals surface area contributed by atoms with E-state index in [9.17, 15) is 39.3 Å². The van der Waals surface area contributed by atoms with Gasteiger partial charge in [-0.15, -0.1) is 0 Å². The van der Waals surface area contributed by atoms with Crippen molar-refractivity contribution in [3.63, 3.8) is 0 Å². The molecule has 0 saturated heterocycles. The van der Waals surface area contributed by atoms with Crippen molar-refractivity contribution >= 4 is 29.0 Å². The highest BCUT2D eigenvalue weighted by atomic mass is 16.3. The molecule has 1 heterocycles. The number of hydrogen-bond acceptors (Lipinski definition) is 9. The molecule has 7 atom stereocenters. The third-order valence-corrected chi connectivity index (χ3v) is 9.37. The zero-order chi connectivity index (χ0) is 29.3. The number of aliphatic hydroxyl groups is 2. The number of nitrogens with zero attached hydrogens (tertiary/aromatic N) is 2. The van der Waals surface area contributed by atoms with Crippen molar-refractivity contribution in [1.82, 2.24) is 9.55 Å². The Morgan fingerprint density at radius 3 is 2.52 bits per heavy atom. The molecule has 1 amide bonds. The van der Waals surface area contributed by atoms with E-state index in [0.29, 0.717) is 24.1 Å². The molecule has 11 nitrogen and oxygen atoms in total. The minimum Gasteiger partial charge on any atom is -0.507 e. The van der Waals surface area contributed by atoms with Crippen LogP contribution in [0.4, 0.5) is 0 Å². The van der Waals surface area contributed by atoms with Crippen molar-refractivity contribution in [3.05, 3.63) is 47.5 Å². The molecule has 5 N–H and O–H groups in total. The first-order chi connectivity index (χ1) is 18.7. The summed E-state index contributed by atoms with van der Waals surface area (Å²) < 4.78 is 1.94. The van der Waals surface area contributed by atoms with Crippen molar-refractivity contribution in [3.8, 4) is 5.75 Å². The van der Waals surface area contributed by atoms with Gasteiger partial charge in [-0.25, -0.2) is 4.98 Å². The summed E-state index contributed by atoms with van der Waals surface area (Å²) >= 11 is 0. The molecule has 2 saturated carbocycles. The maximum Gasteiger partial charge on any atom is 0.235 e. The molecule has 0 spiro atoms. The van der Waals surface area contributed by atoms with E-state index in [1.165, 1.54) is 0 Å². The van der Waals surface area contributed by atoms with Crippen LogP contribution in [0.5, 0.6) is 5.75 Å². The Bertz CT molecular complexity index is 1430. The Hall–Kier alpha value is -3.70. The fraction of sp³-hybridized carbons (Fsp3) is 0.517. The van der Waals surface area contributed by atoms with Crippen LogP contribution in [-0.2, 0) is 31.1 Å². The van der Waals surface area contributed by atoms with Gasteiger partial charge in [-0.05, 0) is 29.7 Å². The lowest BCUT2D eigenvalue weighted by molar-refractivity contribution is -0.189. The number of ketones is 4. The average molecular weight is 552 g/mol. The second kappa shape index (κ2) is 9.45. The summed E-state index contributed by atoms with van der Waals surface area (Å²) in [6.45, 7) is 6.28. The number of imidazole rings is 1. The first kappa shape index (κ1) is 27.9. The van der Waals surface area contributed by atoms with E-state index in [1.807, 2.05) is 24.6 Å². The molecule has 3 aliphatic carbocycles. The van der Waals surface area contributed by atoms with E-state index < -0.39 is 82.2 Å². The summed E-state index contributed by atoms with van der Waals surface area (Å²) in [5, 5.41) is 34.2. The lowest BCUT2D eigenvalue weighted by atomic mass is 9.50. The molecule has 1 aromatic heterocycles. The predicted molar refractivity (Wildman–Crippen MR) is 139 cm³/mol. The monoisotopic (exact) mass is 551 g/mol. The number of carbonyl (C=O) groups is 5. The number of primary amides is 1. The Kier molecular flexibility index (Phi) is 6.58. The number of rotatable bonds is 6. The number of carbonyl (C=O) groups excluding carboxylic acids is 5. The summed E-state index contributed by atoms with van der Waals surface area (Å²) in [5.74, 6) is -12.8. The fourth-order valence-electron chi connectivity index (χ4n) is 7.16. The van der Waals surface area contributed by atoms with Crippen molar-refractivity contribution < 1.29 is 39.3 Å². The number of aromatic nitrogens is 2. The Morgan fingerprint density at radius 1 is 1.20 bits per heavy atom. The van der Waals surface area contributed by atoms with Crippen LogP contribution in [0.1, 0.15) is 67.4 Å². The van der Waals surface area contributed by atoms with Crippen LogP contribution >= 0.6 is 0 Å². The number of nitrogens with two attached hydrogens (primary N) is 1. The van der Waals surface area contributed by atoms with Gasteiger partial charge in [-0.3, -0.25) is 24.0 Å². The lowest BCUT2D eigenvalue weighted by Gasteiger charge is -2.53. The second-order valence-electron chi connectivity index (χ2n) is 12.0. The molecule has 0 aliphatic heterocycles. The summed E-state index contributed by atoms with van der Waals surface area (Å²) in [7, 11) is 0. The van der Waals surface area contributed by atoms with Crippen LogP contribution in [0.3, 0.4) is 0 Å². The normalized spacial score (nSPS) is 31.9. The topological polar surface area (TPSA) is 190 Å². The van der Waals surface area contributed by atoms with Crippen molar-refractivity contribution in [1.29, 1.82) is 0 Å². The lowest BCUT2D eigenvalue weighted by Crippen LogP contribution is -2.72. The van der Waals surface area contributed by atoms with E-state index >= 15 is 0 Å². The number of fused-ring (bicyclic) bond motifs is 3. The molecule has 212 valence electrons. The number of aliphatic hydroxyl groups excluding tert-OH is 1. The van der Waals surface area contributed by atoms with Gasteiger partial charge in [-0.1, -0.05) is 32.9 Å². The van der Waals surface area contributed by atoms with Gasteiger partial charge in [0.05, 0.1) is 23.9 Å². The molecule has 0 bridgehead atoms. The van der Waals surface area contributed by atoms with Gasteiger partial charge < -0.3 is 25.6 Å². The molecule has 11 heteroatoms. The third kappa shape index (κ3) is 3.86. The standard InChI is InChI=1S/C29H33N3O8/c1-13-14-5-6-15(28(2,3)7-4-9-32-10-8-31-12-32)22(34)19(14)24(36)21-18(13)23(35)16-11-17(33)20(27(30)39)25(37)29(16,40)26(21)38/h5-6,8,10,12-13,16,18,20-21,23,34-35,40H,4,7,9,11H2,1-3H3,(H2,30,39)/t13-,16+,18+,20?,21?,23+,29+/m0/s1. The quantitative estimate of drug-likeness (QED) is 0.376. The molecular formula is C29H33N3O8. The van der Waals surface area contributed by atoms with Gasteiger partial charge in [0.25, 0.3) is 0 Å². The van der Waals surface area contributed by atoms with E-state index in [2.05, 4.69) is 4.98 Å². The van der Waals surface area contributed by atoms with E-state index in [0.717, 1.165) is 6.42 Å². The minimum absolute atomic E-state index is 0.0812. The van der Waals surface area contributed by atoms with Gasteiger partial charge >= 0.3 is 0 Å². The van der Waals surface area contributed by atoms with Gasteiger partial charge in [-0.2, -0.15) is 0 Å². The molecule has 5 rings (SSSR count). The van der Waals surface area contributed by atoms with Crippen molar-refractivity contribution in [2.45, 2.75) is 69.6 Å². The number of hydrogen-bond donors (Lipinski definition) is 4. The Morgan fingerprint density at radius 2 is 1.90 bits per heavy atom. The predicted octanol–water partition coefficient (Wildman–Crippen LogP) is 0.813. The first-order valence-corrected chi connectivity index (χ1v) is 13.4. The van der Waals surface area contributed by atoms with Crippen LogP contribution in [0.15, 0.2) is 30.9 Å². The number of aromatic hydroxyl groups is 1. The molecule has 3 aliphatic rings. The highest BCUT2D eigenvalue weighted by Gasteiger charge is 2.69. The van der Waals surface area contributed by atoms with Crippen molar-refractivity contribution in [2.75, 3.05) is 0 Å². The maximum absolute atomic E-state index is 13.9. The third-order valence-electron chi connectivity index (χ3n) is 9.37. The van der Waals surface area contributed by atoms with E-state index in [4.69, 9.17) is 5.73 Å². The number of aryl methyl sites for hydroxylation is 1. The summed E-state index contributed by atoms with van der Waals surface area (Å²) in [5.41, 5.74) is 2.59. The summed E-state index contributed by atoms with van der Waals surface area (Å²) in [6, 6.07) is 3.45. The maximum atomic E-state index is 13.9. The van der Waals surface area contributed by atoms with Gasteiger partial charge in [0.2, 0.25) is 5.91 Å². The van der Waals surface area contributed by atoms with E-state index in [-0.39, 0.29) is 11.3 Å². The van der Waals surface area contributed by atoms with Gasteiger partial charge in [0, 0.05) is 42.8 Å². The average Bonchev–Trinajstić information content (AvgIpc) is 3.39. The van der Waals surface area contributed by atoms with Crippen LogP contribution < -0.4 is 5.73 Å². The highest BCUT2D eigenvalue weighted by Crippen LogP contribution is 2.54. The van der Waals surface area contributed by atoms with Gasteiger partial charge in [0.15, 0.2) is 34.7 Å². The first-order valence-electron chi connectivity index (χ1n) is 13.4. The second-order valence-corrected chi connectivity index (χ2v) is 12.0. The van der Waals surface area contributed by atoms with Crippen LogP contribution in [0, 0.1) is 23.7 Å². The zero-order valence-electron chi connectivity index (χ0n) is 22.5. The van der Waals surface area contributed by atoms with E-state index in [1.54, 1.807) is 31.6 Å². The summed E-state index contributed by atoms with van der Waals surface area (Å²) in [6.07, 6.45) is 4.48. The summed E-state index contributed by atoms with van der Waals surface area (Å²) in [4.78, 5) is 69.4. The largest absolute Gasteiger partial charge is 0.507 e. The molecule has 2 aromatic rings. The Labute approximate surface area is 230 Å². The number of amides is 1. The highest BCUT2D eigenvalue weighted by molar-refractivity contribution is 6.31. The van der Waals surface area contributed by atoms with Crippen LogP contribution in [0.2, 0.25) is 0 Å². The molecule has 1 aromatic carbocycles. The van der Waals surface area contributed by atoms with Crippen molar-refractivity contribution in [2.24, 2.45) is 29.4 Å². The zero-order valence-corrected chi connectivity index (χ0v) is 22.5. The van der Waals surface area contributed by atoms with Crippen LogP contribution in [0.25, 0.3) is 0 Å². The number of Topliss-reactive ketones (excluding diaryl/α,β-unsaturated/α-hetero) is 4. The van der Waals surface area contributed by atoms with Gasteiger partial charge in [0.1, 0.15) is 5.75 Å².